The molecule has 168 valence electrons. The van der Waals surface area contributed by atoms with Gasteiger partial charge in [0.15, 0.2) is 0 Å². The summed E-state index contributed by atoms with van der Waals surface area (Å²) in [5.41, 5.74) is 1.12. The first-order valence-corrected chi connectivity index (χ1v) is 10.2. The maximum Gasteiger partial charge on any atom is 0.416 e. The summed E-state index contributed by atoms with van der Waals surface area (Å²) in [6.07, 6.45) is -3.73. The Morgan fingerprint density at radius 3 is 2.31 bits per heavy atom. The molecule has 0 radical (unpaired) electrons. The Hall–Kier alpha value is -3.78. The van der Waals surface area contributed by atoms with Crippen molar-refractivity contribution in [1.82, 2.24) is 14.8 Å². The van der Waals surface area contributed by atoms with Crippen LogP contribution in [0.3, 0.4) is 0 Å². The van der Waals surface area contributed by atoms with Crippen LogP contribution in [0.15, 0.2) is 59.8 Å². The van der Waals surface area contributed by atoms with Crippen LogP contribution in [-0.2, 0) is 16.2 Å². The van der Waals surface area contributed by atoms with E-state index in [1.54, 1.807) is 19.1 Å². The number of aromatic nitrogens is 2. The molecular weight excluding hydrogens is 453 g/mol. The van der Waals surface area contributed by atoms with Crippen LogP contribution in [0, 0.1) is 17.0 Å². The molecule has 0 aliphatic rings. The summed E-state index contributed by atoms with van der Waals surface area (Å²) < 4.78 is 63.5. The Balaban J connectivity index is 1.88. The number of hydrazine groups is 1. The van der Waals surface area contributed by atoms with Gasteiger partial charge in [0.2, 0.25) is 11.6 Å². The van der Waals surface area contributed by atoms with E-state index >= 15 is 0 Å². The molecule has 0 atom stereocenters. The average Bonchev–Trinajstić information content (AvgIpc) is 2.72. The minimum absolute atomic E-state index is 0.102. The highest BCUT2D eigenvalue weighted by Gasteiger charge is 2.31. The lowest BCUT2D eigenvalue weighted by Crippen LogP contribution is -2.30. The summed E-state index contributed by atoms with van der Waals surface area (Å²) >= 11 is 0. The first kappa shape index (κ1) is 22.9. The Kier molecular flexibility index (Phi) is 6.27. The summed E-state index contributed by atoms with van der Waals surface area (Å²) in [4.78, 5) is 19.9. The average molecular weight is 468 g/mol. The summed E-state index contributed by atoms with van der Waals surface area (Å²) in [6, 6.07) is 9.78. The Labute approximate surface area is 179 Å². The predicted octanol–water partition coefficient (Wildman–Crippen LogP) is 3.76. The molecule has 1 heterocycles. The van der Waals surface area contributed by atoms with Gasteiger partial charge in [0.05, 0.1) is 15.4 Å². The zero-order valence-electron chi connectivity index (χ0n) is 16.2. The van der Waals surface area contributed by atoms with E-state index in [9.17, 15) is 31.7 Å². The van der Waals surface area contributed by atoms with Gasteiger partial charge < -0.3 is 5.32 Å². The van der Waals surface area contributed by atoms with Gasteiger partial charge in [0.25, 0.3) is 10.0 Å². The van der Waals surface area contributed by atoms with E-state index in [2.05, 4.69) is 20.7 Å². The molecule has 10 nitrogen and oxygen atoms in total. The number of rotatable bonds is 7. The Morgan fingerprint density at radius 2 is 1.69 bits per heavy atom. The molecule has 14 heteroatoms. The van der Waals surface area contributed by atoms with Gasteiger partial charge in [-0.25, -0.2) is 18.4 Å². The van der Waals surface area contributed by atoms with E-state index in [0.29, 0.717) is 0 Å². The van der Waals surface area contributed by atoms with Crippen molar-refractivity contribution in [3.8, 4) is 0 Å². The number of nitro groups is 1. The van der Waals surface area contributed by atoms with Crippen molar-refractivity contribution in [2.24, 2.45) is 0 Å². The van der Waals surface area contributed by atoms with Crippen LogP contribution in [0.2, 0.25) is 0 Å². The van der Waals surface area contributed by atoms with E-state index in [0.717, 1.165) is 30.1 Å². The first-order chi connectivity index (χ1) is 15.0. The van der Waals surface area contributed by atoms with E-state index in [1.807, 2.05) is 4.83 Å². The minimum Gasteiger partial charge on any atom is -0.334 e. The normalized spacial score (nSPS) is 11.8. The zero-order valence-corrected chi connectivity index (χ0v) is 17.0. The zero-order chi connectivity index (χ0) is 23.5. The monoisotopic (exact) mass is 468 g/mol. The van der Waals surface area contributed by atoms with Gasteiger partial charge in [-0.1, -0.05) is 23.8 Å². The number of sulfonamides is 1. The molecule has 2 aromatic carbocycles. The second kappa shape index (κ2) is 8.76. The molecule has 0 amide bonds. The molecule has 0 spiro atoms. The van der Waals surface area contributed by atoms with Gasteiger partial charge in [0, 0.05) is 5.69 Å². The lowest BCUT2D eigenvalue weighted by atomic mass is 10.2. The van der Waals surface area contributed by atoms with Crippen LogP contribution in [0.5, 0.6) is 0 Å². The molecule has 0 saturated carbocycles. The number of hydrogen-bond acceptors (Lipinski definition) is 8. The van der Waals surface area contributed by atoms with Gasteiger partial charge >= 0.3 is 11.9 Å². The molecule has 1 aromatic heterocycles. The summed E-state index contributed by atoms with van der Waals surface area (Å²) in [7, 11) is -4.10. The van der Waals surface area contributed by atoms with Crippen LogP contribution in [0.4, 0.5) is 36.2 Å². The molecule has 0 bridgehead atoms. The van der Waals surface area contributed by atoms with Gasteiger partial charge in [-0.15, -0.1) is 4.83 Å². The summed E-state index contributed by atoms with van der Waals surface area (Å²) in [5, 5.41) is 14.0. The van der Waals surface area contributed by atoms with E-state index in [1.165, 1.54) is 18.2 Å². The Bertz CT molecular complexity index is 1250. The molecule has 0 saturated heterocycles. The van der Waals surface area contributed by atoms with Crippen LogP contribution >= 0.6 is 0 Å². The topological polar surface area (TPSA) is 139 Å². The van der Waals surface area contributed by atoms with Gasteiger partial charge in [-0.05, 0) is 37.3 Å². The van der Waals surface area contributed by atoms with Crippen LogP contribution in [0.1, 0.15) is 11.1 Å². The third-order valence-electron chi connectivity index (χ3n) is 4.09. The highest BCUT2D eigenvalue weighted by molar-refractivity contribution is 7.89. The van der Waals surface area contributed by atoms with Crippen molar-refractivity contribution in [2.45, 2.75) is 18.0 Å². The number of hydrogen-bond donors (Lipinski definition) is 3. The van der Waals surface area contributed by atoms with E-state index in [4.69, 9.17) is 0 Å². The largest absolute Gasteiger partial charge is 0.416 e. The molecule has 0 unspecified atom stereocenters. The number of aryl methyl sites for hydroxylation is 1. The molecule has 3 rings (SSSR count). The van der Waals surface area contributed by atoms with Gasteiger partial charge in [-0.3, -0.25) is 15.5 Å². The number of halogens is 3. The molecule has 3 N–H and O–H groups in total. The molecule has 0 aliphatic carbocycles. The summed E-state index contributed by atoms with van der Waals surface area (Å²) in [5.74, 6) is -0.962. The lowest BCUT2D eigenvalue weighted by Gasteiger charge is -2.12. The highest BCUT2D eigenvalue weighted by Crippen LogP contribution is 2.34. The molecular formula is C18H15F3N6O4S. The number of nitrogens with zero attached hydrogens (tertiary/aromatic N) is 3. The smallest absolute Gasteiger partial charge is 0.334 e. The van der Waals surface area contributed by atoms with Crippen LogP contribution in [0.25, 0.3) is 0 Å². The van der Waals surface area contributed by atoms with Crippen molar-refractivity contribution in [1.29, 1.82) is 0 Å². The Morgan fingerprint density at radius 1 is 1.03 bits per heavy atom. The van der Waals surface area contributed by atoms with Crippen molar-refractivity contribution in [2.75, 3.05) is 10.7 Å². The fraction of sp³-hybridized carbons (Fsp3) is 0.111. The first-order valence-electron chi connectivity index (χ1n) is 8.75. The molecule has 0 aliphatic heterocycles. The quantitative estimate of drug-likeness (QED) is 0.352. The maximum absolute atomic E-state index is 12.9. The van der Waals surface area contributed by atoms with E-state index in [-0.39, 0.29) is 10.6 Å². The van der Waals surface area contributed by atoms with Gasteiger partial charge in [0.1, 0.15) is 6.33 Å². The predicted molar refractivity (Wildman–Crippen MR) is 109 cm³/mol. The van der Waals surface area contributed by atoms with Gasteiger partial charge in [-0.2, -0.15) is 13.2 Å². The number of benzene rings is 2. The van der Waals surface area contributed by atoms with Crippen molar-refractivity contribution < 1.29 is 26.5 Å². The molecule has 3 aromatic rings. The third-order valence-corrected chi connectivity index (χ3v) is 5.36. The number of alkyl halides is 3. The van der Waals surface area contributed by atoms with Crippen LogP contribution in [-0.4, -0.2) is 23.3 Å². The standard InChI is InChI=1S/C18H15F3N6O4S/c1-11-5-7-14(8-6-11)32(30,31)26-25-17-15(27(28)29)16(22-10-23-17)24-13-4-2-3-12(9-13)18(19,20)21/h2-10,26H,1H3,(H2,22,23,24,25). The van der Waals surface area contributed by atoms with Crippen molar-refractivity contribution >= 4 is 33.0 Å². The molecule has 0 fully saturated rings. The van der Waals surface area contributed by atoms with Crippen molar-refractivity contribution in [3.63, 3.8) is 0 Å². The molecule has 32 heavy (non-hydrogen) atoms. The van der Waals surface area contributed by atoms with E-state index < -0.39 is 44.0 Å². The van der Waals surface area contributed by atoms with Crippen LogP contribution < -0.4 is 15.6 Å². The minimum atomic E-state index is -4.61. The second-order valence-corrected chi connectivity index (χ2v) is 8.11. The SMILES string of the molecule is Cc1ccc(S(=O)(=O)NNc2ncnc(Nc3cccc(C(F)(F)F)c3)c2[N+](=O)[O-])cc1. The number of anilines is 3. The second-order valence-electron chi connectivity index (χ2n) is 6.42. The third kappa shape index (κ3) is 5.28. The summed E-state index contributed by atoms with van der Waals surface area (Å²) in [6.45, 7) is 1.77. The fourth-order valence-electron chi connectivity index (χ4n) is 2.54. The fourth-order valence-corrected chi connectivity index (χ4v) is 3.38. The van der Waals surface area contributed by atoms with Crippen molar-refractivity contribution in [3.05, 3.63) is 76.1 Å². The number of nitrogens with one attached hydrogen (secondary N) is 3. The highest BCUT2D eigenvalue weighted by atomic mass is 32.2. The maximum atomic E-state index is 12.9. The lowest BCUT2D eigenvalue weighted by molar-refractivity contribution is -0.383.